The standard InChI is InChI=1S/C11H21NO/c1-9-4-5-11-7-6-10(12(9)11)3-2-8-13/h9-11,13H,2-8H2,1H3/t9-,10-,11+/m0/s1. The van der Waals surface area contributed by atoms with Crippen LogP contribution in [0.15, 0.2) is 0 Å². The van der Waals surface area contributed by atoms with Crippen molar-refractivity contribution < 1.29 is 5.11 Å². The number of fused-ring (bicyclic) bond motifs is 1. The third-order valence-corrected chi connectivity index (χ3v) is 3.80. The van der Waals surface area contributed by atoms with Gasteiger partial charge in [-0.3, -0.25) is 4.90 Å². The number of aliphatic hydroxyl groups excluding tert-OH is 1. The van der Waals surface area contributed by atoms with Crippen LogP contribution in [0, 0.1) is 0 Å². The zero-order chi connectivity index (χ0) is 9.26. The lowest BCUT2D eigenvalue weighted by atomic mass is 10.1. The first-order valence-electron chi connectivity index (χ1n) is 5.71. The lowest BCUT2D eigenvalue weighted by Gasteiger charge is -2.28. The quantitative estimate of drug-likeness (QED) is 0.721. The molecule has 2 nitrogen and oxygen atoms in total. The molecule has 2 rings (SSSR count). The minimum Gasteiger partial charge on any atom is -0.396 e. The second-order valence-corrected chi connectivity index (χ2v) is 4.62. The van der Waals surface area contributed by atoms with Crippen LogP contribution < -0.4 is 0 Å². The highest BCUT2D eigenvalue weighted by atomic mass is 16.2. The van der Waals surface area contributed by atoms with Crippen LogP contribution in [0.3, 0.4) is 0 Å². The molecule has 0 spiro atoms. The van der Waals surface area contributed by atoms with Crippen LogP contribution in [-0.4, -0.2) is 34.7 Å². The summed E-state index contributed by atoms with van der Waals surface area (Å²) in [6.45, 7) is 2.72. The van der Waals surface area contributed by atoms with E-state index in [-0.39, 0.29) is 0 Å². The average molecular weight is 183 g/mol. The van der Waals surface area contributed by atoms with E-state index in [0.717, 1.165) is 24.5 Å². The van der Waals surface area contributed by atoms with Crippen molar-refractivity contribution in [1.29, 1.82) is 0 Å². The van der Waals surface area contributed by atoms with Gasteiger partial charge in [-0.1, -0.05) is 0 Å². The molecular weight excluding hydrogens is 162 g/mol. The van der Waals surface area contributed by atoms with Gasteiger partial charge in [0.1, 0.15) is 0 Å². The van der Waals surface area contributed by atoms with E-state index in [1.807, 2.05) is 0 Å². The Labute approximate surface area is 80.9 Å². The van der Waals surface area contributed by atoms with Crippen LogP contribution in [0.1, 0.15) is 45.4 Å². The molecule has 0 radical (unpaired) electrons. The van der Waals surface area contributed by atoms with Gasteiger partial charge in [-0.25, -0.2) is 0 Å². The van der Waals surface area contributed by atoms with E-state index in [0.29, 0.717) is 6.61 Å². The molecule has 2 heteroatoms. The van der Waals surface area contributed by atoms with Crippen molar-refractivity contribution in [2.45, 2.75) is 63.6 Å². The maximum Gasteiger partial charge on any atom is 0.0431 e. The first-order valence-corrected chi connectivity index (χ1v) is 5.71. The minimum absolute atomic E-state index is 0.364. The van der Waals surface area contributed by atoms with E-state index in [9.17, 15) is 0 Å². The SMILES string of the molecule is C[C@H]1CC[C@@H]2CC[C@H](CCCO)N21. The molecule has 0 amide bonds. The Morgan fingerprint density at radius 3 is 2.77 bits per heavy atom. The summed E-state index contributed by atoms with van der Waals surface area (Å²) in [7, 11) is 0. The number of hydrogen-bond acceptors (Lipinski definition) is 2. The van der Waals surface area contributed by atoms with Crippen LogP contribution in [0.25, 0.3) is 0 Å². The highest BCUT2D eigenvalue weighted by Gasteiger charge is 2.39. The summed E-state index contributed by atoms with van der Waals surface area (Å²) in [6, 6.07) is 2.48. The van der Waals surface area contributed by atoms with Crippen LogP contribution in [-0.2, 0) is 0 Å². The van der Waals surface area contributed by atoms with Crippen LogP contribution >= 0.6 is 0 Å². The minimum atomic E-state index is 0.364. The molecule has 0 aromatic carbocycles. The van der Waals surface area contributed by atoms with Crippen molar-refractivity contribution in [2.75, 3.05) is 6.61 Å². The Hall–Kier alpha value is -0.0800. The van der Waals surface area contributed by atoms with Crippen LogP contribution in [0.5, 0.6) is 0 Å². The van der Waals surface area contributed by atoms with E-state index in [1.54, 1.807) is 0 Å². The second kappa shape index (κ2) is 3.97. The molecule has 76 valence electrons. The predicted octanol–water partition coefficient (Wildman–Crippen LogP) is 1.77. The molecule has 13 heavy (non-hydrogen) atoms. The van der Waals surface area contributed by atoms with Crippen molar-refractivity contribution in [3.63, 3.8) is 0 Å². The van der Waals surface area contributed by atoms with Crippen LogP contribution in [0.2, 0.25) is 0 Å². The van der Waals surface area contributed by atoms with Crippen LogP contribution in [0.4, 0.5) is 0 Å². The summed E-state index contributed by atoms with van der Waals surface area (Å²) in [4.78, 5) is 2.72. The van der Waals surface area contributed by atoms with Gasteiger partial charge in [0.05, 0.1) is 0 Å². The summed E-state index contributed by atoms with van der Waals surface area (Å²) in [5.41, 5.74) is 0. The number of aliphatic hydroxyl groups is 1. The molecule has 2 saturated heterocycles. The highest BCUT2D eigenvalue weighted by Crippen LogP contribution is 2.37. The summed E-state index contributed by atoms with van der Waals surface area (Å²) in [6.07, 6.45) is 7.77. The van der Waals surface area contributed by atoms with Gasteiger partial charge in [-0.2, -0.15) is 0 Å². The maximum atomic E-state index is 8.81. The van der Waals surface area contributed by atoms with Gasteiger partial charge in [-0.05, 0) is 45.4 Å². The maximum absolute atomic E-state index is 8.81. The Balaban J connectivity index is 1.90. The lowest BCUT2D eigenvalue weighted by Crippen LogP contribution is -2.36. The molecular formula is C11H21NO. The Bertz CT molecular complexity index is 171. The molecule has 0 aliphatic carbocycles. The highest BCUT2D eigenvalue weighted by molar-refractivity contribution is 4.95. The summed E-state index contributed by atoms with van der Waals surface area (Å²) >= 11 is 0. The smallest absolute Gasteiger partial charge is 0.0431 e. The van der Waals surface area contributed by atoms with Crippen molar-refractivity contribution >= 4 is 0 Å². The molecule has 2 fully saturated rings. The van der Waals surface area contributed by atoms with E-state index >= 15 is 0 Å². The molecule has 0 unspecified atom stereocenters. The van der Waals surface area contributed by atoms with E-state index in [4.69, 9.17) is 5.11 Å². The van der Waals surface area contributed by atoms with Gasteiger partial charge in [0.25, 0.3) is 0 Å². The molecule has 0 aromatic heterocycles. The van der Waals surface area contributed by atoms with E-state index < -0.39 is 0 Å². The number of rotatable bonds is 3. The number of hydrogen-bond donors (Lipinski definition) is 1. The Kier molecular flexibility index (Phi) is 2.89. The number of nitrogens with zero attached hydrogens (tertiary/aromatic N) is 1. The zero-order valence-corrected chi connectivity index (χ0v) is 8.58. The average Bonchev–Trinajstić information content (AvgIpc) is 2.67. The Morgan fingerprint density at radius 1 is 1.23 bits per heavy atom. The lowest BCUT2D eigenvalue weighted by molar-refractivity contribution is 0.171. The van der Waals surface area contributed by atoms with Gasteiger partial charge in [0, 0.05) is 24.7 Å². The first kappa shape index (κ1) is 9.47. The first-order chi connectivity index (χ1) is 6.33. The normalized spacial score (nSPS) is 39.7. The summed E-state index contributed by atoms with van der Waals surface area (Å²) in [5.74, 6) is 0. The molecule has 2 aliphatic heterocycles. The predicted molar refractivity (Wildman–Crippen MR) is 53.7 cm³/mol. The molecule has 3 atom stereocenters. The Morgan fingerprint density at radius 2 is 2.00 bits per heavy atom. The van der Waals surface area contributed by atoms with Gasteiger partial charge in [0.2, 0.25) is 0 Å². The fraction of sp³-hybridized carbons (Fsp3) is 1.00. The second-order valence-electron chi connectivity index (χ2n) is 4.62. The van der Waals surface area contributed by atoms with Crippen molar-refractivity contribution in [3.05, 3.63) is 0 Å². The summed E-state index contributed by atoms with van der Waals surface area (Å²) < 4.78 is 0. The molecule has 2 aliphatic rings. The zero-order valence-electron chi connectivity index (χ0n) is 8.58. The third-order valence-electron chi connectivity index (χ3n) is 3.80. The fourth-order valence-electron chi connectivity index (χ4n) is 3.20. The topological polar surface area (TPSA) is 23.5 Å². The monoisotopic (exact) mass is 183 g/mol. The van der Waals surface area contributed by atoms with Gasteiger partial charge in [-0.15, -0.1) is 0 Å². The van der Waals surface area contributed by atoms with Crippen molar-refractivity contribution in [3.8, 4) is 0 Å². The van der Waals surface area contributed by atoms with E-state index in [2.05, 4.69) is 11.8 Å². The molecule has 0 bridgehead atoms. The van der Waals surface area contributed by atoms with Crippen molar-refractivity contribution in [2.24, 2.45) is 0 Å². The third kappa shape index (κ3) is 1.75. The molecule has 0 aromatic rings. The van der Waals surface area contributed by atoms with Crippen molar-refractivity contribution in [1.82, 2.24) is 4.90 Å². The molecule has 2 heterocycles. The summed E-state index contributed by atoms with van der Waals surface area (Å²) in [5, 5.41) is 8.81. The van der Waals surface area contributed by atoms with E-state index in [1.165, 1.54) is 32.1 Å². The van der Waals surface area contributed by atoms with Gasteiger partial charge in [0.15, 0.2) is 0 Å². The molecule has 1 N–H and O–H groups in total. The molecule has 0 saturated carbocycles. The largest absolute Gasteiger partial charge is 0.396 e. The van der Waals surface area contributed by atoms with Gasteiger partial charge < -0.3 is 5.11 Å². The fourth-order valence-corrected chi connectivity index (χ4v) is 3.20. The van der Waals surface area contributed by atoms with Gasteiger partial charge >= 0.3 is 0 Å².